The van der Waals surface area contributed by atoms with Gasteiger partial charge in [0.2, 0.25) is 5.91 Å². The van der Waals surface area contributed by atoms with E-state index in [9.17, 15) is 4.79 Å². The standard InChI is InChI=1S/C17H17BrN6O/c1-10-3-5-11(6-4-10)24-8-7-12(17(24)25)21-15-13-14(18)22-23(2)16(13)20-9-19-15/h3-6,9,12H,7-8H2,1-2H3,(H,19,20,21). The van der Waals surface area contributed by atoms with Crippen molar-refractivity contribution >= 4 is 44.4 Å². The van der Waals surface area contributed by atoms with E-state index < -0.39 is 0 Å². The van der Waals surface area contributed by atoms with Crippen molar-refractivity contribution in [1.29, 1.82) is 0 Å². The normalized spacial score (nSPS) is 17.5. The van der Waals surface area contributed by atoms with Gasteiger partial charge in [-0.2, -0.15) is 5.10 Å². The summed E-state index contributed by atoms with van der Waals surface area (Å²) in [5.74, 6) is 0.671. The highest BCUT2D eigenvalue weighted by Gasteiger charge is 2.33. The number of nitrogens with one attached hydrogen (secondary N) is 1. The number of halogens is 1. The molecule has 0 radical (unpaired) electrons. The first kappa shape index (κ1) is 16.0. The topological polar surface area (TPSA) is 75.9 Å². The number of rotatable bonds is 3. The number of carbonyl (C=O) groups is 1. The third kappa shape index (κ3) is 2.76. The van der Waals surface area contributed by atoms with E-state index in [0.717, 1.165) is 17.5 Å². The van der Waals surface area contributed by atoms with Gasteiger partial charge in [0, 0.05) is 19.3 Å². The van der Waals surface area contributed by atoms with Crippen LogP contribution in [0.1, 0.15) is 12.0 Å². The summed E-state index contributed by atoms with van der Waals surface area (Å²) in [7, 11) is 1.82. The Labute approximate surface area is 153 Å². The zero-order chi connectivity index (χ0) is 17.6. The van der Waals surface area contributed by atoms with Gasteiger partial charge in [-0.05, 0) is 41.4 Å². The molecular weight excluding hydrogens is 384 g/mol. The van der Waals surface area contributed by atoms with Crippen LogP contribution in [0.5, 0.6) is 0 Å². The van der Waals surface area contributed by atoms with Crippen molar-refractivity contribution in [2.75, 3.05) is 16.8 Å². The average molecular weight is 401 g/mol. The Bertz CT molecular complexity index is 952. The molecule has 4 rings (SSSR count). The number of anilines is 2. The average Bonchev–Trinajstić information content (AvgIpc) is 3.10. The molecule has 1 saturated heterocycles. The summed E-state index contributed by atoms with van der Waals surface area (Å²) in [6.07, 6.45) is 2.20. The maximum absolute atomic E-state index is 12.8. The molecule has 0 bridgehead atoms. The van der Waals surface area contributed by atoms with E-state index in [2.05, 4.69) is 36.3 Å². The number of amides is 1. The van der Waals surface area contributed by atoms with Crippen molar-refractivity contribution in [2.24, 2.45) is 7.05 Å². The molecule has 1 atom stereocenters. The molecule has 8 heteroatoms. The third-order valence-electron chi connectivity index (χ3n) is 4.44. The van der Waals surface area contributed by atoms with E-state index in [1.165, 1.54) is 11.9 Å². The first-order chi connectivity index (χ1) is 12.0. The minimum atomic E-state index is -0.313. The van der Waals surface area contributed by atoms with Crippen LogP contribution in [-0.2, 0) is 11.8 Å². The lowest BCUT2D eigenvalue weighted by Gasteiger charge is -2.18. The largest absolute Gasteiger partial charge is 0.358 e. The second-order valence-electron chi connectivity index (χ2n) is 6.15. The molecule has 0 spiro atoms. The van der Waals surface area contributed by atoms with E-state index in [1.807, 2.05) is 43.1 Å². The first-order valence-electron chi connectivity index (χ1n) is 8.02. The van der Waals surface area contributed by atoms with Crippen molar-refractivity contribution in [2.45, 2.75) is 19.4 Å². The maximum atomic E-state index is 12.8. The van der Waals surface area contributed by atoms with Crippen molar-refractivity contribution < 1.29 is 4.79 Å². The van der Waals surface area contributed by atoms with Crippen LogP contribution >= 0.6 is 15.9 Å². The highest BCUT2D eigenvalue weighted by Crippen LogP contribution is 2.29. The minimum Gasteiger partial charge on any atom is -0.358 e. The molecule has 3 aromatic rings. The zero-order valence-corrected chi connectivity index (χ0v) is 15.5. The SMILES string of the molecule is Cc1ccc(N2CCC(Nc3ncnc4c3c(Br)nn4C)C2=O)cc1. The summed E-state index contributed by atoms with van der Waals surface area (Å²) in [5.41, 5.74) is 2.82. The van der Waals surface area contributed by atoms with Gasteiger partial charge in [0.25, 0.3) is 0 Å². The zero-order valence-electron chi connectivity index (χ0n) is 13.9. The fourth-order valence-electron chi connectivity index (χ4n) is 3.11. The minimum absolute atomic E-state index is 0.0515. The molecule has 1 amide bonds. The van der Waals surface area contributed by atoms with E-state index in [4.69, 9.17) is 0 Å². The molecule has 1 aromatic carbocycles. The number of aromatic nitrogens is 4. The highest BCUT2D eigenvalue weighted by molar-refractivity contribution is 9.10. The summed E-state index contributed by atoms with van der Waals surface area (Å²) in [6, 6.07) is 7.69. The van der Waals surface area contributed by atoms with Crippen molar-refractivity contribution in [3.63, 3.8) is 0 Å². The van der Waals surface area contributed by atoms with Gasteiger partial charge in [0.05, 0.1) is 5.39 Å². The molecule has 1 N–H and O–H groups in total. The molecule has 1 unspecified atom stereocenters. The van der Waals surface area contributed by atoms with Crippen LogP contribution < -0.4 is 10.2 Å². The molecule has 3 heterocycles. The fourth-order valence-corrected chi connectivity index (χ4v) is 3.71. The molecule has 1 fully saturated rings. The lowest BCUT2D eigenvalue weighted by atomic mass is 10.2. The number of fused-ring (bicyclic) bond motifs is 1. The van der Waals surface area contributed by atoms with E-state index in [-0.39, 0.29) is 11.9 Å². The van der Waals surface area contributed by atoms with Gasteiger partial charge < -0.3 is 10.2 Å². The summed E-state index contributed by atoms with van der Waals surface area (Å²) >= 11 is 3.44. The van der Waals surface area contributed by atoms with E-state index in [0.29, 0.717) is 22.6 Å². The smallest absolute Gasteiger partial charge is 0.249 e. The number of hydrogen-bond acceptors (Lipinski definition) is 5. The van der Waals surface area contributed by atoms with Gasteiger partial charge in [-0.1, -0.05) is 17.7 Å². The van der Waals surface area contributed by atoms with Gasteiger partial charge in [0.15, 0.2) is 5.65 Å². The lowest BCUT2D eigenvalue weighted by molar-refractivity contribution is -0.117. The molecular formula is C17H17BrN6O. The highest BCUT2D eigenvalue weighted by atomic mass is 79.9. The van der Waals surface area contributed by atoms with Crippen molar-refractivity contribution in [1.82, 2.24) is 19.7 Å². The first-order valence-corrected chi connectivity index (χ1v) is 8.81. The third-order valence-corrected chi connectivity index (χ3v) is 5.00. The second-order valence-corrected chi connectivity index (χ2v) is 6.90. The molecule has 25 heavy (non-hydrogen) atoms. The van der Waals surface area contributed by atoms with Crippen LogP contribution in [-0.4, -0.2) is 38.2 Å². The summed E-state index contributed by atoms with van der Waals surface area (Å²) in [4.78, 5) is 23.2. The molecule has 1 aliphatic rings. The monoisotopic (exact) mass is 400 g/mol. The van der Waals surface area contributed by atoms with Gasteiger partial charge in [-0.15, -0.1) is 0 Å². The molecule has 1 aliphatic heterocycles. The predicted octanol–water partition coefficient (Wildman–Crippen LogP) is 2.65. The molecule has 0 aliphatic carbocycles. The second kappa shape index (κ2) is 6.11. The van der Waals surface area contributed by atoms with Crippen LogP contribution in [0.25, 0.3) is 11.0 Å². The Morgan fingerprint density at radius 3 is 2.76 bits per heavy atom. The van der Waals surface area contributed by atoms with Crippen LogP contribution in [0.3, 0.4) is 0 Å². The number of aryl methyl sites for hydroxylation is 2. The summed E-state index contributed by atoms with van der Waals surface area (Å²) in [6.45, 7) is 2.72. The fraction of sp³-hybridized carbons (Fsp3) is 0.294. The number of benzene rings is 1. The molecule has 0 saturated carbocycles. The maximum Gasteiger partial charge on any atom is 0.249 e. The van der Waals surface area contributed by atoms with Crippen LogP contribution in [0.15, 0.2) is 35.2 Å². The van der Waals surface area contributed by atoms with Crippen molar-refractivity contribution in [3.8, 4) is 0 Å². The number of hydrogen-bond donors (Lipinski definition) is 1. The van der Waals surface area contributed by atoms with Gasteiger partial charge in [-0.3, -0.25) is 4.79 Å². The summed E-state index contributed by atoms with van der Waals surface area (Å²) in [5, 5.41) is 8.37. The van der Waals surface area contributed by atoms with Gasteiger partial charge in [-0.25, -0.2) is 14.6 Å². The Kier molecular flexibility index (Phi) is 3.91. The predicted molar refractivity (Wildman–Crippen MR) is 99.6 cm³/mol. The Morgan fingerprint density at radius 1 is 1.24 bits per heavy atom. The number of nitrogens with zero attached hydrogens (tertiary/aromatic N) is 5. The Balaban J connectivity index is 1.60. The molecule has 2 aromatic heterocycles. The quantitative estimate of drug-likeness (QED) is 0.731. The molecule has 7 nitrogen and oxygen atoms in total. The van der Waals surface area contributed by atoms with Crippen molar-refractivity contribution in [3.05, 3.63) is 40.8 Å². The molecule has 128 valence electrons. The Hall–Kier alpha value is -2.48. The van der Waals surface area contributed by atoms with Crippen LogP contribution in [0, 0.1) is 6.92 Å². The van der Waals surface area contributed by atoms with Gasteiger partial charge >= 0.3 is 0 Å². The number of carbonyl (C=O) groups excluding carboxylic acids is 1. The van der Waals surface area contributed by atoms with Crippen LogP contribution in [0.4, 0.5) is 11.5 Å². The lowest BCUT2D eigenvalue weighted by Crippen LogP contribution is -2.33. The van der Waals surface area contributed by atoms with E-state index >= 15 is 0 Å². The van der Waals surface area contributed by atoms with Gasteiger partial charge in [0.1, 0.15) is 22.8 Å². The Morgan fingerprint density at radius 2 is 2.00 bits per heavy atom. The van der Waals surface area contributed by atoms with E-state index in [1.54, 1.807) is 4.68 Å². The van der Waals surface area contributed by atoms with Crippen LogP contribution in [0.2, 0.25) is 0 Å². The summed E-state index contributed by atoms with van der Waals surface area (Å²) < 4.78 is 2.34.